The molecule has 0 saturated heterocycles. The molecule has 4 nitrogen and oxygen atoms in total. The van der Waals surface area contributed by atoms with Gasteiger partial charge in [-0.2, -0.15) is 0 Å². The van der Waals surface area contributed by atoms with Gasteiger partial charge in [0.2, 0.25) is 0 Å². The molecule has 2 rings (SSSR count). The summed E-state index contributed by atoms with van der Waals surface area (Å²) in [6, 6.07) is 1.86. The van der Waals surface area contributed by atoms with E-state index >= 15 is 0 Å². The Bertz CT molecular complexity index is 674. The van der Waals surface area contributed by atoms with Crippen LogP contribution in [0, 0.1) is 11.2 Å². The average Bonchev–Trinajstić information content (AvgIpc) is 3.03. The van der Waals surface area contributed by atoms with Crippen LogP contribution >= 0.6 is 26.6 Å². The standard InChI is InChI=1S/C12H12BrClFNO3S/c1-12(2-3-12)6-16-11(17)7-4-10(20(14,18)19)8(13)5-9(7)15/h4-5H,2-3,6H2,1H3,(H,16,17). The van der Waals surface area contributed by atoms with Gasteiger partial charge in [0.05, 0.1) is 10.5 Å². The van der Waals surface area contributed by atoms with Gasteiger partial charge in [0.1, 0.15) is 5.82 Å². The highest BCUT2D eigenvalue weighted by Crippen LogP contribution is 2.44. The molecular formula is C12H12BrClFNO3S. The summed E-state index contributed by atoms with van der Waals surface area (Å²) >= 11 is 2.91. The fraction of sp³-hybridized carbons (Fsp3) is 0.417. The van der Waals surface area contributed by atoms with Gasteiger partial charge in [-0.3, -0.25) is 4.79 Å². The molecule has 0 radical (unpaired) electrons. The quantitative estimate of drug-likeness (QED) is 0.812. The molecule has 0 spiro atoms. The summed E-state index contributed by atoms with van der Waals surface area (Å²) in [5.41, 5.74) is -0.264. The first-order chi connectivity index (χ1) is 9.12. The highest BCUT2D eigenvalue weighted by atomic mass is 79.9. The monoisotopic (exact) mass is 383 g/mol. The third-order valence-corrected chi connectivity index (χ3v) is 5.59. The van der Waals surface area contributed by atoms with Crippen LogP contribution in [0.3, 0.4) is 0 Å². The van der Waals surface area contributed by atoms with Gasteiger partial charge in [-0.25, -0.2) is 12.8 Å². The van der Waals surface area contributed by atoms with Crippen molar-refractivity contribution in [3.8, 4) is 0 Å². The van der Waals surface area contributed by atoms with Crippen LogP contribution in [-0.4, -0.2) is 20.9 Å². The van der Waals surface area contributed by atoms with E-state index < -0.39 is 20.8 Å². The van der Waals surface area contributed by atoms with Crippen molar-refractivity contribution in [3.05, 3.63) is 28.0 Å². The number of benzene rings is 1. The first-order valence-electron chi connectivity index (χ1n) is 5.84. The van der Waals surface area contributed by atoms with E-state index in [1.807, 2.05) is 6.92 Å². The zero-order valence-corrected chi connectivity index (χ0v) is 13.7. The first kappa shape index (κ1) is 15.7. The number of amides is 1. The zero-order valence-electron chi connectivity index (χ0n) is 10.5. The zero-order chi connectivity index (χ0) is 15.1. The Labute approximate surface area is 129 Å². The molecule has 1 aromatic rings. The summed E-state index contributed by atoms with van der Waals surface area (Å²) in [6.07, 6.45) is 2.02. The summed E-state index contributed by atoms with van der Waals surface area (Å²) in [5, 5.41) is 2.61. The Hall–Kier alpha value is -0.660. The lowest BCUT2D eigenvalue weighted by atomic mass is 10.1. The summed E-state index contributed by atoms with van der Waals surface area (Å²) in [6.45, 7) is 2.45. The Kier molecular flexibility index (Phi) is 4.15. The molecule has 0 unspecified atom stereocenters. The molecule has 1 aromatic carbocycles. The molecule has 0 aromatic heterocycles. The summed E-state index contributed by atoms with van der Waals surface area (Å²) < 4.78 is 36.5. The van der Waals surface area contributed by atoms with E-state index in [0.29, 0.717) is 6.54 Å². The lowest BCUT2D eigenvalue weighted by Gasteiger charge is -2.11. The fourth-order valence-electron chi connectivity index (χ4n) is 1.67. The number of hydrogen-bond donors (Lipinski definition) is 1. The van der Waals surface area contributed by atoms with Gasteiger partial charge in [-0.1, -0.05) is 6.92 Å². The van der Waals surface area contributed by atoms with Crippen molar-refractivity contribution in [1.29, 1.82) is 0 Å². The molecule has 1 N–H and O–H groups in total. The Morgan fingerprint density at radius 3 is 2.60 bits per heavy atom. The van der Waals surface area contributed by atoms with Crippen molar-refractivity contribution in [2.24, 2.45) is 5.41 Å². The fourth-order valence-corrected chi connectivity index (χ4v) is 3.84. The maximum absolute atomic E-state index is 13.8. The van der Waals surface area contributed by atoms with Crippen LogP contribution in [0.4, 0.5) is 4.39 Å². The molecule has 1 aliphatic carbocycles. The second-order valence-electron chi connectivity index (χ2n) is 5.19. The summed E-state index contributed by atoms with van der Waals surface area (Å²) in [5.74, 6) is -1.45. The molecule has 110 valence electrons. The highest BCUT2D eigenvalue weighted by Gasteiger charge is 2.37. The van der Waals surface area contributed by atoms with Crippen LogP contribution in [-0.2, 0) is 9.05 Å². The van der Waals surface area contributed by atoms with Crippen LogP contribution in [0.2, 0.25) is 0 Å². The van der Waals surface area contributed by atoms with Gasteiger partial charge < -0.3 is 5.32 Å². The predicted molar refractivity (Wildman–Crippen MR) is 76.8 cm³/mol. The van der Waals surface area contributed by atoms with Gasteiger partial charge in [0.25, 0.3) is 15.0 Å². The van der Waals surface area contributed by atoms with Crippen molar-refractivity contribution >= 4 is 41.6 Å². The molecule has 1 fully saturated rings. The van der Waals surface area contributed by atoms with E-state index in [-0.39, 0.29) is 20.3 Å². The molecular weight excluding hydrogens is 373 g/mol. The smallest absolute Gasteiger partial charge is 0.262 e. The first-order valence-corrected chi connectivity index (χ1v) is 8.95. The van der Waals surface area contributed by atoms with E-state index in [4.69, 9.17) is 10.7 Å². The third-order valence-electron chi connectivity index (χ3n) is 3.31. The highest BCUT2D eigenvalue weighted by molar-refractivity contribution is 9.10. The predicted octanol–water partition coefficient (Wildman–Crippen LogP) is 3.05. The van der Waals surface area contributed by atoms with Gasteiger partial charge in [0, 0.05) is 21.7 Å². The minimum absolute atomic E-state index is 0.0179. The van der Waals surface area contributed by atoms with E-state index in [1.165, 1.54) is 0 Å². The lowest BCUT2D eigenvalue weighted by Crippen LogP contribution is -2.29. The molecule has 0 atom stereocenters. The molecule has 0 heterocycles. The largest absolute Gasteiger partial charge is 0.351 e. The van der Waals surface area contributed by atoms with Crippen LogP contribution in [0.1, 0.15) is 30.1 Å². The van der Waals surface area contributed by atoms with E-state index in [1.54, 1.807) is 0 Å². The molecule has 0 aliphatic heterocycles. The normalized spacial score (nSPS) is 16.8. The SMILES string of the molecule is CC1(CNC(=O)c2cc(S(=O)(=O)Cl)c(Br)cc2F)CC1. The van der Waals surface area contributed by atoms with Gasteiger partial charge in [-0.15, -0.1) is 0 Å². The van der Waals surface area contributed by atoms with E-state index in [0.717, 1.165) is 25.0 Å². The minimum Gasteiger partial charge on any atom is -0.351 e. The second kappa shape index (κ2) is 5.27. The molecule has 1 saturated carbocycles. The van der Waals surface area contributed by atoms with Crippen molar-refractivity contribution in [2.75, 3.05) is 6.54 Å². The minimum atomic E-state index is -4.06. The van der Waals surface area contributed by atoms with Crippen LogP contribution in [0.5, 0.6) is 0 Å². The van der Waals surface area contributed by atoms with Crippen LogP contribution < -0.4 is 5.32 Å². The van der Waals surface area contributed by atoms with Crippen LogP contribution in [0.25, 0.3) is 0 Å². The van der Waals surface area contributed by atoms with Crippen LogP contribution in [0.15, 0.2) is 21.5 Å². The van der Waals surface area contributed by atoms with E-state index in [9.17, 15) is 17.6 Å². The van der Waals surface area contributed by atoms with Gasteiger partial charge in [0.15, 0.2) is 0 Å². The van der Waals surface area contributed by atoms with Gasteiger partial charge in [-0.05, 0) is 46.3 Å². The summed E-state index contributed by atoms with van der Waals surface area (Å²) in [7, 11) is 1.18. The Balaban J connectivity index is 2.28. The number of halogens is 3. The number of hydrogen-bond acceptors (Lipinski definition) is 3. The maximum atomic E-state index is 13.8. The third kappa shape index (κ3) is 3.51. The lowest BCUT2D eigenvalue weighted by molar-refractivity contribution is 0.0942. The average molecular weight is 385 g/mol. The summed E-state index contributed by atoms with van der Waals surface area (Å²) in [4.78, 5) is 11.6. The Morgan fingerprint density at radius 1 is 1.50 bits per heavy atom. The van der Waals surface area contributed by atoms with E-state index in [2.05, 4.69) is 21.2 Å². The number of nitrogens with one attached hydrogen (secondary N) is 1. The molecule has 1 aliphatic rings. The number of carbonyl (C=O) groups is 1. The molecule has 0 bridgehead atoms. The van der Waals surface area contributed by atoms with Gasteiger partial charge >= 0.3 is 0 Å². The number of carbonyl (C=O) groups excluding carboxylic acids is 1. The second-order valence-corrected chi connectivity index (χ2v) is 8.58. The van der Waals surface area contributed by atoms with Crippen molar-refractivity contribution in [2.45, 2.75) is 24.7 Å². The maximum Gasteiger partial charge on any atom is 0.262 e. The molecule has 1 amide bonds. The number of rotatable bonds is 4. The molecule has 20 heavy (non-hydrogen) atoms. The Morgan fingerprint density at radius 2 is 2.10 bits per heavy atom. The van der Waals surface area contributed by atoms with Crippen molar-refractivity contribution in [3.63, 3.8) is 0 Å². The van der Waals surface area contributed by atoms with Crippen molar-refractivity contribution < 1.29 is 17.6 Å². The van der Waals surface area contributed by atoms with Crippen molar-refractivity contribution in [1.82, 2.24) is 5.32 Å². The topological polar surface area (TPSA) is 63.2 Å². The molecule has 8 heteroatoms.